The van der Waals surface area contributed by atoms with E-state index in [4.69, 9.17) is 5.11 Å². The lowest BCUT2D eigenvalue weighted by molar-refractivity contribution is -0.138. The van der Waals surface area contributed by atoms with Crippen LogP contribution in [0, 0.1) is 39.4 Å². The van der Waals surface area contributed by atoms with Crippen LogP contribution in [0.25, 0.3) is 0 Å². The number of hydrogen-bond acceptors (Lipinski definition) is 2. The molecule has 0 heterocycles. The van der Waals surface area contributed by atoms with Crippen LogP contribution in [0.5, 0.6) is 0 Å². The summed E-state index contributed by atoms with van der Waals surface area (Å²) in [6.45, 7) is 15.9. The van der Waals surface area contributed by atoms with Crippen molar-refractivity contribution in [3.05, 3.63) is 34.9 Å². The van der Waals surface area contributed by atoms with E-state index in [0.29, 0.717) is 35.5 Å². The van der Waals surface area contributed by atoms with E-state index in [1.165, 1.54) is 12.8 Å². The molecule has 4 aliphatic carbocycles. The summed E-state index contributed by atoms with van der Waals surface area (Å²) in [5, 5.41) is 9.15. The first-order valence-corrected chi connectivity index (χ1v) is 13.1. The molecule has 0 bridgehead atoms. The highest BCUT2D eigenvalue weighted by atomic mass is 16.4. The van der Waals surface area contributed by atoms with E-state index in [1.54, 1.807) is 18.1 Å². The van der Waals surface area contributed by atoms with Gasteiger partial charge in [-0.05, 0) is 97.0 Å². The minimum atomic E-state index is -0.809. The normalized spacial score (nSPS) is 40.8. The molecule has 0 aromatic rings. The quantitative estimate of drug-likeness (QED) is 0.439. The van der Waals surface area contributed by atoms with E-state index in [0.717, 1.165) is 32.1 Å². The molecule has 0 aromatic carbocycles. The maximum atomic E-state index is 12.8. The van der Waals surface area contributed by atoms with Crippen LogP contribution in [0.15, 0.2) is 34.9 Å². The molecule has 4 aliphatic rings. The van der Waals surface area contributed by atoms with E-state index >= 15 is 0 Å². The van der Waals surface area contributed by atoms with Gasteiger partial charge in [0.15, 0.2) is 0 Å². The standard InChI is InChI=1S/C30H44O3/c1-19(9-8-10-20(2)26(32)33)21-13-17-30(7)23-11-12-24-27(3,4)25(31)15-16-28(24,5)22(23)14-18-29(21,30)6/h10-11,14,19,21,24H,8-9,12-13,15-18H2,1-7H3,(H,32,33)/b20-10-/t19-,21-,24+,28-,29-,30+/m1/s1. The first kappa shape index (κ1) is 24.5. The van der Waals surface area contributed by atoms with Crippen LogP contribution >= 0.6 is 0 Å². The highest BCUT2D eigenvalue weighted by molar-refractivity contribution is 5.86. The maximum absolute atomic E-state index is 12.8. The van der Waals surface area contributed by atoms with Crippen molar-refractivity contribution >= 4 is 11.8 Å². The van der Waals surface area contributed by atoms with Crippen molar-refractivity contribution < 1.29 is 14.7 Å². The summed E-state index contributed by atoms with van der Waals surface area (Å²) >= 11 is 0. The zero-order valence-electron chi connectivity index (χ0n) is 21.9. The molecule has 2 saturated carbocycles. The molecule has 6 atom stereocenters. The highest BCUT2D eigenvalue weighted by Gasteiger charge is 2.63. The maximum Gasteiger partial charge on any atom is 0.330 e. The van der Waals surface area contributed by atoms with Crippen molar-refractivity contribution in [2.45, 2.75) is 99.8 Å². The third-order valence-corrected chi connectivity index (χ3v) is 11.1. The molecule has 33 heavy (non-hydrogen) atoms. The molecular weight excluding hydrogens is 408 g/mol. The summed E-state index contributed by atoms with van der Waals surface area (Å²) < 4.78 is 0. The van der Waals surface area contributed by atoms with E-state index in [2.05, 4.69) is 53.7 Å². The minimum Gasteiger partial charge on any atom is -0.478 e. The summed E-state index contributed by atoms with van der Waals surface area (Å²) in [6.07, 6.45) is 15.2. The molecule has 1 N–H and O–H groups in total. The Morgan fingerprint density at radius 1 is 1.15 bits per heavy atom. The molecule has 4 rings (SSSR count). The van der Waals surface area contributed by atoms with Gasteiger partial charge in [-0.3, -0.25) is 4.79 Å². The Kier molecular flexibility index (Phi) is 5.90. The predicted molar refractivity (Wildman–Crippen MR) is 134 cm³/mol. The summed E-state index contributed by atoms with van der Waals surface area (Å²) in [6, 6.07) is 0. The number of rotatable bonds is 5. The number of carbonyl (C=O) groups excluding carboxylic acids is 1. The first-order chi connectivity index (χ1) is 15.3. The van der Waals surface area contributed by atoms with Crippen LogP contribution < -0.4 is 0 Å². The van der Waals surface area contributed by atoms with E-state index in [9.17, 15) is 9.59 Å². The topological polar surface area (TPSA) is 54.4 Å². The SMILES string of the molecule is C/C(=C/CC[C@@H](C)[C@H]1CC[C@@]2(C)C3=CC[C@H]4C(C)(C)C(=O)CC[C@]4(C)C3=CC[C@]12C)C(=O)O. The van der Waals surface area contributed by atoms with Gasteiger partial charge in [-0.1, -0.05) is 59.8 Å². The van der Waals surface area contributed by atoms with Gasteiger partial charge < -0.3 is 5.11 Å². The van der Waals surface area contributed by atoms with Gasteiger partial charge in [0.1, 0.15) is 5.78 Å². The summed E-state index contributed by atoms with van der Waals surface area (Å²) in [5.41, 5.74) is 3.89. The second kappa shape index (κ2) is 7.95. The van der Waals surface area contributed by atoms with Gasteiger partial charge in [-0.2, -0.15) is 0 Å². The number of carboxylic acid groups (broad SMARTS) is 1. The summed E-state index contributed by atoms with van der Waals surface area (Å²) in [4.78, 5) is 23.9. The van der Waals surface area contributed by atoms with Gasteiger partial charge in [0.05, 0.1) is 0 Å². The Morgan fingerprint density at radius 3 is 2.52 bits per heavy atom. The number of fused-ring (bicyclic) bond motifs is 5. The fourth-order valence-corrected chi connectivity index (χ4v) is 8.61. The second-order valence-corrected chi connectivity index (χ2v) is 12.9. The molecule has 2 fully saturated rings. The summed E-state index contributed by atoms with van der Waals surface area (Å²) in [5.74, 6) is 1.25. The van der Waals surface area contributed by atoms with Crippen LogP contribution in [0.3, 0.4) is 0 Å². The largest absolute Gasteiger partial charge is 0.478 e. The molecule has 0 amide bonds. The van der Waals surface area contributed by atoms with Gasteiger partial charge in [-0.15, -0.1) is 0 Å². The van der Waals surface area contributed by atoms with Gasteiger partial charge >= 0.3 is 5.97 Å². The summed E-state index contributed by atoms with van der Waals surface area (Å²) in [7, 11) is 0. The van der Waals surface area contributed by atoms with Gasteiger partial charge in [0.2, 0.25) is 0 Å². The van der Waals surface area contributed by atoms with Crippen LogP contribution in [0.4, 0.5) is 0 Å². The number of Topliss-reactive ketones (excluding diaryl/α,β-unsaturated/α-hetero) is 1. The molecular formula is C30H44O3. The molecule has 3 nitrogen and oxygen atoms in total. The van der Waals surface area contributed by atoms with Gasteiger partial charge in [0, 0.05) is 17.4 Å². The zero-order chi connectivity index (χ0) is 24.4. The van der Waals surface area contributed by atoms with Crippen LogP contribution in [0.1, 0.15) is 99.8 Å². The lowest BCUT2D eigenvalue weighted by atomic mass is 9.44. The van der Waals surface area contributed by atoms with Crippen molar-refractivity contribution in [1.82, 2.24) is 0 Å². The van der Waals surface area contributed by atoms with Crippen LogP contribution in [0.2, 0.25) is 0 Å². The van der Waals surface area contributed by atoms with Crippen molar-refractivity contribution in [2.75, 3.05) is 0 Å². The number of carbonyl (C=O) groups is 2. The molecule has 3 heteroatoms. The molecule has 0 aliphatic heterocycles. The number of ketones is 1. The fourth-order valence-electron chi connectivity index (χ4n) is 8.61. The van der Waals surface area contributed by atoms with Crippen LogP contribution in [-0.4, -0.2) is 16.9 Å². The first-order valence-electron chi connectivity index (χ1n) is 13.1. The Bertz CT molecular complexity index is 950. The molecule has 0 unspecified atom stereocenters. The average molecular weight is 453 g/mol. The molecule has 182 valence electrons. The lowest BCUT2D eigenvalue weighted by Gasteiger charge is -2.59. The number of hydrogen-bond donors (Lipinski definition) is 1. The zero-order valence-corrected chi connectivity index (χ0v) is 21.9. The Morgan fingerprint density at radius 2 is 1.85 bits per heavy atom. The number of carboxylic acids is 1. The smallest absolute Gasteiger partial charge is 0.330 e. The van der Waals surface area contributed by atoms with Crippen molar-refractivity contribution in [3.8, 4) is 0 Å². The molecule has 0 saturated heterocycles. The van der Waals surface area contributed by atoms with Crippen LogP contribution in [-0.2, 0) is 9.59 Å². The van der Waals surface area contributed by atoms with Crippen molar-refractivity contribution in [2.24, 2.45) is 39.4 Å². The molecule has 0 radical (unpaired) electrons. The monoisotopic (exact) mass is 452 g/mol. The van der Waals surface area contributed by atoms with Gasteiger partial charge in [-0.25, -0.2) is 4.79 Å². The van der Waals surface area contributed by atoms with E-state index < -0.39 is 5.97 Å². The third kappa shape index (κ3) is 3.43. The number of aliphatic carboxylic acids is 1. The van der Waals surface area contributed by atoms with Crippen molar-refractivity contribution in [1.29, 1.82) is 0 Å². The van der Waals surface area contributed by atoms with E-state index in [-0.39, 0.29) is 21.7 Å². The minimum absolute atomic E-state index is 0.106. The Labute approximate surface area is 200 Å². The second-order valence-electron chi connectivity index (χ2n) is 12.9. The van der Waals surface area contributed by atoms with Crippen molar-refractivity contribution in [3.63, 3.8) is 0 Å². The van der Waals surface area contributed by atoms with E-state index in [1.807, 2.05) is 6.08 Å². The average Bonchev–Trinajstić information content (AvgIpc) is 3.02. The lowest BCUT2D eigenvalue weighted by Crippen LogP contribution is -2.53. The highest BCUT2D eigenvalue weighted by Crippen LogP contribution is 2.71. The predicted octanol–water partition coefficient (Wildman–Crippen LogP) is 7.53. The molecule has 0 aromatic heterocycles. The number of allylic oxidation sites excluding steroid dienone is 5. The molecule has 0 spiro atoms. The third-order valence-electron chi connectivity index (χ3n) is 11.1. The van der Waals surface area contributed by atoms with Gasteiger partial charge in [0.25, 0.3) is 0 Å². The fraction of sp³-hybridized carbons (Fsp3) is 0.733. The Hall–Kier alpha value is -1.64. The Balaban J connectivity index is 1.62.